The summed E-state index contributed by atoms with van der Waals surface area (Å²) in [5, 5.41) is 5.32. The first-order chi connectivity index (χ1) is 16.9. The van der Waals surface area contributed by atoms with E-state index in [0.29, 0.717) is 0 Å². The van der Waals surface area contributed by atoms with Gasteiger partial charge in [0.25, 0.3) is 6.71 Å². The highest BCUT2D eigenvalue weighted by Gasteiger charge is 2.40. The van der Waals surface area contributed by atoms with Crippen LogP contribution in [0.25, 0.3) is 47.7 Å². The Morgan fingerprint density at radius 1 is 0.588 bits per heavy atom. The van der Waals surface area contributed by atoms with Crippen LogP contribution in [-0.4, -0.2) is 11.3 Å². The van der Waals surface area contributed by atoms with E-state index in [0.717, 1.165) is 11.5 Å². The highest BCUT2D eigenvalue weighted by Crippen LogP contribution is 2.44. The van der Waals surface area contributed by atoms with Gasteiger partial charge >= 0.3 is 0 Å². The van der Waals surface area contributed by atoms with Crippen molar-refractivity contribution >= 4 is 76.4 Å². The standard InChI is InChI=1S/C30H16BNOS/c1-4-14-26-17(7-1)20-16-15-19-18-8-5-10-22-28(18)32(29(19)30(20)34-26)23-11-6-13-25-27(23)31(22)21-9-2-3-12-24(21)33-25/h1-16H. The minimum absolute atomic E-state index is 0.176. The molecule has 9 rings (SSSR count). The van der Waals surface area contributed by atoms with E-state index in [4.69, 9.17) is 4.74 Å². The summed E-state index contributed by atoms with van der Waals surface area (Å²) in [5.41, 5.74) is 7.76. The van der Waals surface area contributed by atoms with Crippen LogP contribution in [0.15, 0.2) is 97.1 Å². The average Bonchev–Trinajstić information content (AvgIpc) is 3.43. The molecule has 0 saturated carbocycles. The van der Waals surface area contributed by atoms with Crippen molar-refractivity contribution < 1.29 is 4.74 Å². The van der Waals surface area contributed by atoms with E-state index in [1.165, 1.54) is 64.1 Å². The van der Waals surface area contributed by atoms with Gasteiger partial charge in [-0.25, -0.2) is 0 Å². The van der Waals surface area contributed by atoms with E-state index < -0.39 is 0 Å². The first-order valence-electron chi connectivity index (χ1n) is 11.7. The highest BCUT2D eigenvalue weighted by atomic mass is 32.1. The molecule has 0 spiro atoms. The number of thiophene rings is 1. The molecule has 0 N–H and O–H groups in total. The number of benzene rings is 5. The van der Waals surface area contributed by atoms with Crippen molar-refractivity contribution in [2.24, 2.45) is 0 Å². The Kier molecular flexibility index (Phi) is 3.03. The summed E-state index contributed by atoms with van der Waals surface area (Å²) in [4.78, 5) is 0. The Hall–Kier alpha value is -4.02. The van der Waals surface area contributed by atoms with Gasteiger partial charge in [-0.15, -0.1) is 11.3 Å². The Morgan fingerprint density at radius 2 is 1.32 bits per heavy atom. The molecule has 4 heterocycles. The van der Waals surface area contributed by atoms with E-state index in [9.17, 15) is 0 Å². The predicted molar refractivity (Wildman–Crippen MR) is 145 cm³/mol. The average molecular weight is 449 g/mol. The van der Waals surface area contributed by atoms with Crippen LogP contribution >= 0.6 is 11.3 Å². The number of aromatic nitrogens is 1. The zero-order valence-corrected chi connectivity index (χ0v) is 18.9. The largest absolute Gasteiger partial charge is 0.458 e. The van der Waals surface area contributed by atoms with Crippen LogP contribution in [0.2, 0.25) is 0 Å². The van der Waals surface area contributed by atoms with Crippen LogP contribution in [0.3, 0.4) is 0 Å². The predicted octanol–water partition coefficient (Wildman–Crippen LogP) is 6.09. The maximum atomic E-state index is 6.45. The fourth-order valence-corrected chi connectivity index (χ4v) is 7.58. The molecule has 0 radical (unpaired) electrons. The fourth-order valence-electron chi connectivity index (χ4n) is 6.34. The Labute approximate surface area is 199 Å². The summed E-state index contributed by atoms with van der Waals surface area (Å²) >= 11 is 1.90. The first-order valence-corrected chi connectivity index (χ1v) is 12.5. The summed E-state index contributed by atoms with van der Waals surface area (Å²) in [7, 11) is 0. The van der Waals surface area contributed by atoms with Crippen LogP contribution < -0.4 is 21.1 Å². The van der Waals surface area contributed by atoms with Crippen molar-refractivity contribution in [3.63, 3.8) is 0 Å². The smallest absolute Gasteiger partial charge is 0.256 e. The minimum atomic E-state index is 0.176. The fraction of sp³-hybridized carbons (Fsp3) is 0. The number of hydrogen-bond acceptors (Lipinski definition) is 2. The van der Waals surface area contributed by atoms with Crippen LogP contribution in [-0.2, 0) is 0 Å². The molecule has 0 saturated heterocycles. The van der Waals surface area contributed by atoms with Crippen molar-refractivity contribution in [2.45, 2.75) is 0 Å². The minimum Gasteiger partial charge on any atom is -0.458 e. The molecule has 2 aliphatic heterocycles. The zero-order chi connectivity index (χ0) is 22.0. The van der Waals surface area contributed by atoms with Crippen molar-refractivity contribution in [3.8, 4) is 17.2 Å². The van der Waals surface area contributed by atoms with Crippen LogP contribution in [0.4, 0.5) is 0 Å². The Balaban J connectivity index is 1.55. The molecular weight excluding hydrogens is 433 g/mol. The van der Waals surface area contributed by atoms with E-state index in [2.05, 4.69) is 102 Å². The molecule has 0 bridgehead atoms. The lowest BCUT2D eigenvalue weighted by atomic mass is 9.34. The SMILES string of the molecule is c1ccc2c(c1)Oc1cccc3c1B2c1cccc2c4ccc5c6ccccc6sc5c4n-3c12. The summed E-state index contributed by atoms with van der Waals surface area (Å²) in [5.74, 6) is 1.93. The van der Waals surface area contributed by atoms with E-state index >= 15 is 0 Å². The van der Waals surface area contributed by atoms with Gasteiger partial charge in [-0.3, -0.25) is 0 Å². The number of fused-ring (bicyclic) bond motifs is 11. The van der Waals surface area contributed by atoms with Gasteiger partial charge < -0.3 is 9.30 Å². The van der Waals surface area contributed by atoms with E-state index in [1.807, 2.05) is 11.3 Å². The molecule has 2 aliphatic rings. The van der Waals surface area contributed by atoms with Gasteiger partial charge in [0, 0.05) is 37.4 Å². The number of rotatable bonds is 0. The molecule has 7 aromatic rings. The Bertz CT molecular complexity index is 2010. The van der Waals surface area contributed by atoms with Gasteiger partial charge in [-0.2, -0.15) is 0 Å². The maximum absolute atomic E-state index is 6.45. The number of ether oxygens (including phenoxy) is 1. The number of para-hydroxylation sites is 2. The second kappa shape index (κ2) is 5.91. The van der Waals surface area contributed by atoms with Crippen LogP contribution in [0.5, 0.6) is 11.5 Å². The lowest BCUT2D eigenvalue weighted by Gasteiger charge is -2.33. The van der Waals surface area contributed by atoms with Gasteiger partial charge in [0.15, 0.2) is 0 Å². The molecule has 5 aromatic carbocycles. The van der Waals surface area contributed by atoms with Crippen molar-refractivity contribution in [1.82, 2.24) is 4.57 Å². The zero-order valence-electron chi connectivity index (χ0n) is 18.1. The highest BCUT2D eigenvalue weighted by molar-refractivity contribution is 7.26. The molecule has 2 aromatic heterocycles. The van der Waals surface area contributed by atoms with Crippen LogP contribution in [0, 0.1) is 0 Å². The van der Waals surface area contributed by atoms with Crippen molar-refractivity contribution in [1.29, 1.82) is 0 Å². The Morgan fingerprint density at radius 3 is 2.32 bits per heavy atom. The van der Waals surface area contributed by atoms with Crippen molar-refractivity contribution in [2.75, 3.05) is 0 Å². The van der Waals surface area contributed by atoms with Gasteiger partial charge in [0.2, 0.25) is 0 Å². The third-order valence-corrected chi connectivity index (χ3v) is 8.85. The summed E-state index contributed by atoms with van der Waals surface area (Å²) < 4.78 is 11.7. The van der Waals surface area contributed by atoms with Gasteiger partial charge in [0.1, 0.15) is 11.5 Å². The van der Waals surface area contributed by atoms with Crippen LogP contribution in [0.1, 0.15) is 0 Å². The molecule has 0 fully saturated rings. The quantitative estimate of drug-likeness (QED) is 0.256. The summed E-state index contributed by atoms with van der Waals surface area (Å²) in [6.07, 6.45) is 0. The topological polar surface area (TPSA) is 14.2 Å². The lowest BCUT2D eigenvalue weighted by Crippen LogP contribution is -2.58. The molecule has 0 unspecified atom stereocenters. The molecule has 0 aliphatic carbocycles. The van der Waals surface area contributed by atoms with Crippen molar-refractivity contribution in [3.05, 3.63) is 97.1 Å². The van der Waals surface area contributed by atoms with Gasteiger partial charge in [0.05, 0.1) is 10.2 Å². The maximum Gasteiger partial charge on any atom is 0.256 e. The molecule has 0 amide bonds. The van der Waals surface area contributed by atoms with E-state index in [1.54, 1.807) is 0 Å². The third-order valence-electron chi connectivity index (χ3n) is 7.66. The first kappa shape index (κ1) is 17.5. The number of nitrogens with zero attached hydrogens (tertiary/aromatic N) is 1. The second-order valence-corrected chi connectivity index (χ2v) is 10.3. The lowest BCUT2D eigenvalue weighted by molar-refractivity contribution is 0.487. The number of hydrogen-bond donors (Lipinski definition) is 0. The van der Waals surface area contributed by atoms with Gasteiger partial charge in [-0.05, 0) is 40.7 Å². The molecule has 156 valence electrons. The molecule has 34 heavy (non-hydrogen) atoms. The molecule has 0 atom stereocenters. The van der Waals surface area contributed by atoms with Gasteiger partial charge in [-0.1, -0.05) is 72.8 Å². The van der Waals surface area contributed by atoms with E-state index in [-0.39, 0.29) is 6.71 Å². The summed E-state index contributed by atoms with van der Waals surface area (Å²) in [6, 6.07) is 35.3. The summed E-state index contributed by atoms with van der Waals surface area (Å²) in [6.45, 7) is 0.176. The monoisotopic (exact) mass is 449 g/mol. The molecule has 2 nitrogen and oxygen atoms in total. The molecule has 4 heteroatoms. The normalized spacial score (nSPS) is 13.5. The third kappa shape index (κ3) is 1.92. The second-order valence-electron chi connectivity index (χ2n) is 9.28. The molecular formula is C30H16BNOS.